The van der Waals surface area contributed by atoms with Crippen LogP contribution < -0.4 is 0 Å². The second-order valence-electron chi connectivity index (χ2n) is 4.34. The van der Waals surface area contributed by atoms with Gasteiger partial charge in [0.25, 0.3) is 20.2 Å². The Morgan fingerprint density at radius 3 is 1.52 bits per heavy atom. The first-order valence-corrected chi connectivity index (χ1v) is 7.75. The molecule has 4 aromatic rings. The average molecular weight is 326 g/mol. The van der Waals surface area contributed by atoms with E-state index >= 15 is 0 Å². The Labute approximate surface area is 128 Å². The number of aromatic nitrogens is 8. The van der Waals surface area contributed by atoms with Crippen LogP contribution in [0.4, 0.5) is 0 Å². The predicted octanol–water partition coefficient (Wildman–Crippen LogP) is -0.0142. The minimum Gasteiger partial charge on any atom is -0.250 e. The lowest BCUT2D eigenvalue weighted by molar-refractivity contribution is 0.579. The topological polar surface area (TPSA) is 137 Å². The van der Waals surface area contributed by atoms with Gasteiger partial charge in [-0.3, -0.25) is 0 Å². The molecule has 0 amide bonds. The molecule has 23 heavy (non-hydrogen) atoms. The highest BCUT2D eigenvalue weighted by molar-refractivity contribution is 7.91. The molecule has 0 aliphatic carbocycles. The number of sulfone groups is 1. The largest absolute Gasteiger partial charge is 0.277 e. The van der Waals surface area contributed by atoms with E-state index in [1.807, 2.05) is 0 Å². The molecular weight excluding hydrogens is 320 g/mol. The third-order valence-corrected chi connectivity index (χ3v) is 4.25. The summed E-state index contributed by atoms with van der Waals surface area (Å²) in [6.07, 6.45) is 8.31. The first kappa shape index (κ1) is 13.5. The Bertz CT molecular complexity index is 1060. The second-order valence-corrected chi connectivity index (χ2v) is 6.08. The molecule has 0 saturated heterocycles. The number of hydrogen-bond acceptors (Lipinski definition) is 10. The van der Waals surface area contributed by atoms with E-state index in [1.165, 1.54) is 37.2 Å². The van der Waals surface area contributed by atoms with Gasteiger partial charge in [0.1, 0.15) is 11.0 Å². The van der Waals surface area contributed by atoms with Crippen LogP contribution in [0.5, 0.6) is 0 Å². The molecule has 0 radical (unpaired) electrons. The molecule has 0 spiro atoms. The normalized spacial score (nSPS) is 11.8. The highest BCUT2D eigenvalue weighted by Gasteiger charge is 2.25. The monoisotopic (exact) mass is 326 g/mol. The zero-order valence-electron chi connectivity index (χ0n) is 11.3. The Hall–Kier alpha value is -3.21. The molecule has 0 fully saturated rings. The molecule has 0 atom stereocenters. The molecule has 0 aromatic carbocycles. The van der Waals surface area contributed by atoms with E-state index in [2.05, 4.69) is 39.9 Å². The van der Waals surface area contributed by atoms with Gasteiger partial charge in [-0.2, -0.15) is 9.97 Å². The van der Waals surface area contributed by atoms with Gasteiger partial charge in [0.15, 0.2) is 11.3 Å². The van der Waals surface area contributed by atoms with E-state index in [9.17, 15) is 8.42 Å². The Morgan fingerprint density at radius 1 is 0.609 bits per heavy atom. The Morgan fingerprint density at radius 2 is 1.04 bits per heavy atom. The SMILES string of the molecule is O=S(=O)(c1ncc2nccnc2n1)c1ncc2nccnc2n1. The van der Waals surface area contributed by atoms with Gasteiger partial charge in [0.05, 0.1) is 12.4 Å². The summed E-state index contributed by atoms with van der Waals surface area (Å²) in [6.45, 7) is 0. The first-order chi connectivity index (χ1) is 11.1. The number of rotatable bonds is 2. The standard InChI is InChI=1S/C12H6N8O2S/c21-23(22,11-17-5-7-9(19-11)15-3-1-13-7)12-18-6-8-10(20-12)16-4-2-14-8/h1-6H. The zero-order valence-corrected chi connectivity index (χ0v) is 12.1. The van der Waals surface area contributed by atoms with Crippen molar-refractivity contribution >= 4 is 32.2 Å². The molecule has 11 heteroatoms. The van der Waals surface area contributed by atoms with Gasteiger partial charge in [-0.1, -0.05) is 0 Å². The fourth-order valence-electron chi connectivity index (χ4n) is 1.85. The van der Waals surface area contributed by atoms with Gasteiger partial charge in [0.2, 0.25) is 0 Å². The van der Waals surface area contributed by atoms with Crippen LogP contribution in [0.3, 0.4) is 0 Å². The Balaban J connectivity index is 1.89. The van der Waals surface area contributed by atoms with Gasteiger partial charge in [0, 0.05) is 24.8 Å². The van der Waals surface area contributed by atoms with Gasteiger partial charge in [-0.15, -0.1) is 0 Å². The summed E-state index contributed by atoms with van der Waals surface area (Å²) in [6, 6.07) is 0. The van der Waals surface area contributed by atoms with Crippen molar-refractivity contribution in [3.8, 4) is 0 Å². The molecule has 0 saturated carbocycles. The molecule has 0 aliphatic rings. The lowest BCUT2D eigenvalue weighted by Gasteiger charge is -2.02. The third-order valence-electron chi connectivity index (χ3n) is 2.89. The van der Waals surface area contributed by atoms with E-state index in [0.29, 0.717) is 11.0 Å². The number of fused-ring (bicyclic) bond motifs is 2. The van der Waals surface area contributed by atoms with Crippen LogP contribution >= 0.6 is 0 Å². The molecule has 0 aliphatic heterocycles. The van der Waals surface area contributed by atoms with Crippen molar-refractivity contribution in [2.24, 2.45) is 0 Å². The molecule has 10 nitrogen and oxygen atoms in total. The van der Waals surface area contributed by atoms with Crippen LogP contribution in [0.25, 0.3) is 22.3 Å². The summed E-state index contributed by atoms with van der Waals surface area (Å²) in [5.74, 6) is 0. The quantitative estimate of drug-likeness (QED) is 0.462. The molecule has 0 unspecified atom stereocenters. The smallest absolute Gasteiger partial charge is 0.250 e. The van der Waals surface area contributed by atoms with Crippen molar-refractivity contribution in [1.82, 2.24) is 39.9 Å². The minimum atomic E-state index is -4.10. The van der Waals surface area contributed by atoms with Crippen molar-refractivity contribution in [1.29, 1.82) is 0 Å². The summed E-state index contributed by atoms with van der Waals surface area (Å²) < 4.78 is 25.1. The van der Waals surface area contributed by atoms with Crippen LogP contribution in [-0.4, -0.2) is 48.3 Å². The van der Waals surface area contributed by atoms with Crippen molar-refractivity contribution in [3.05, 3.63) is 37.2 Å². The molecular formula is C12H6N8O2S. The average Bonchev–Trinajstić information content (AvgIpc) is 2.61. The van der Waals surface area contributed by atoms with Gasteiger partial charge in [-0.05, 0) is 0 Å². The maximum absolute atomic E-state index is 12.6. The van der Waals surface area contributed by atoms with Crippen LogP contribution in [0, 0.1) is 0 Å². The lowest BCUT2D eigenvalue weighted by Crippen LogP contribution is -2.12. The van der Waals surface area contributed by atoms with Crippen molar-refractivity contribution in [2.45, 2.75) is 10.3 Å². The van der Waals surface area contributed by atoms with E-state index < -0.39 is 20.2 Å². The minimum absolute atomic E-state index is 0.168. The first-order valence-electron chi connectivity index (χ1n) is 6.27. The fraction of sp³-hybridized carbons (Fsp3) is 0. The third kappa shape index (κ3) is 2.23. The van der Waals surface area contributed by atoms with Gasteiger partial charge < -0.3 is 0 Å². The summed E-state index contributed by atoms with van der Waals surface area (Å²) in [5.41, 5.74) is 1.11. The highest BCUT2D eigenvalue weighted by atomic mass is 32.2. The van der Waals surface area contributed by atoms with Crippen LogP contribution in [0.15, 0.2) is 47.5 Å². The summed E-state index contributed by atoms with van der Waals surface area (Å²) >= 11 is 0. The molecule has 112 valence electrons. The van der Waals surface area contributed by atoms with E-state index in [1.54, 1.807) is 0 Å². The predicted molar refractivity (Wildman–Crippen MR) is 75.7 cm³/mol. The Kier molecular flexibility index (Phi) is 2.87. The number of hydrogen-bond donors (Lipinski definition) is 0. The van der Waals surface area contributed by atoms with Crippen molar-refractivity contribution in [3.63, 3.8) is 0 Å². The number of nitrogens with zero attached hydrogens (tertiary/aromatic N) is 8. The van der Waals surface area contributed by atoms with Crippen LogP contribution in [0.1, 0.15) is 0 Å². The summed E-state index contributed by atoms with van der Waals surface area (Å²) in [5, 5.41) is -0.900. The lowest BCUT2D eigenvalue weighted by atomic mass is 10.5. The summed E-state index contributed by atoms with van der Waals surface area (Å²) in [4.78, 5) is 31.4. The zero-order chi connectivity index (χ0) is 15.9. The van der Waals surface area contributed by atoms with Crippen molar-refractivity contribution < 1.29 is 8.42 Å². The second kappa shape index (κ2) is 4.91. The van der Waals surface area contributed by atoms with Gasteiger partial charge in [-0.25, -0.2) is 38.3 Å². The maximum atomic E-state index is 12.6. The van der Waals surface area contributed by atoms with Crippen LogP contribution in [0.2, 0.25) is 0 Å². The van der Waals surface area contributed by atoms with E-state index in [-0.39, 0.29) is 11.3 Å². The molecule has 0 N–H and O–H groups in total. The van der Waals surface area contributed by atoms with Gasteiger partial charge >= 0.3 is 0 Å². The highest BCUT2D eigenvalue weighted by Crippen LogP contribution is 2.16. The van der Waals surface area contributed by atoms with Crippen molar-refractivity contribution in [2.75, 3.05) is 0 Å². The molecule has 4 rings (SSSR count). The summed E-state index contributed by atoms with van der Waals surface area (Å²) in [7, 11) is -4.10. The fourth-order valence-corrected chi connectivity index (χ4v) is 2.81. The maximum Gasteiger partial charge on any atom is 0.277 e. The molecule has 0 bridgehead atoms. The van der Waals surface area contributed by atoms with E-state index in [4.69, 9.17) is 0 Å². The molecule has 4 heterocycles. The van der Waals surface area contributed by atoms with Crippen LogP contribution in [-0.2, 0) is 9.84 Å². The molecule has 4 aromatic heterocycles. The van der Waals surface area contributed by atoms with E-state index in [0.717, 1.165) is 0 Å².